The number of rotatable bonds is 8. The maximum absolute atomic E-state index is 14.8. The Hall–Kier alpha value is -3.75. The number of benzene rings is 2. The summed E-state index contributed by atoms with van der Waals surface area (Å²) in [5, 5.41) is 8.09. The smallest absolute Gasteiger partial charge is 0.410 e. The molecule has 266 valence electrons. The zero-order valence-corrected chi connectivity index (χ0v) is 32.2. The van der Waals surface area contributed by atoms with Gasteiger partial charge in [0.25, 0.3) is 11.1 Å². The molecule has 5 rings (SSSR count). The number of nitrogens with one attached hydrogen (secondary N) is 1. The third-order valence-corrected chi connectivity index (χ3v) is 14.7. The van der Waals surface area contributed by atoms with E-state index in [2.05, 4.69) is 49.2 Å². The second kappa shape index (κ2) is 13.5. The van der Waals surface area contributed by atoms with Crippen LogP contribution in [-0.4, -0.2) is 84.0 Å². The second-order valence-corrected chi connectivity index (χ2v) is 21.2. The molecule has 1 N–H and O–H groups in total. The first-order valence-electron chi connectivity index (χ1n) is 16.6. The Bertz CT molecular complexity index is 1850. The monoisotopic (exact) mass is 712 g/mol. The highest BCUT2D eigenvalue weighted by atomic mass is 32.1. The van der Waals surface area contributed by atoms with Crippen LogP contribution in [-0.2, 0) is 16.2 Å². The molecule has 0 bridgehead atoms. The van der Waals surface area contributed by atoms with Gasteiger partial charge in [0.05, 0.1) is 34.6 Å². The van der Waals surface area contributed by atoms with Crippen molar-refractivity contribution in [2.24, 2.45) is 7.05 Å². The lowest BCUT2D eigenvalue weighted by molar-refractivity contribution is 0.00566. The number of hydrogen-bond donors (Lipinski definition) is 1. The van der Waals surface area contributed by atoms with E-state index in [9.17, 15) is 14.0 Å². The van der Waals surface area contributed by atoms with Crippen LogP contribution in [0.2, 0.25) is 18.1 Å². The average Bonchev–Trinajstić information content (AvgIpc) is 3.56. The van der Waals surface area contributed by atoms with Gasteiger partial charge >= 0.3 is 6.09 Å². The number of aryl methyl sites for hydroxylation is 1. The van der Waals surface area contributed by atoms with Gasteiger partial charge in [-0.15, -0.1) is 0 Å². The molecule has 2 aromatic carbocycles. The minimum Gasteiger partial charge on any atom is -0.468 e. The molecule has 49 heavy (non-hydrogen) atoms. The maximum Gasteiger partial charge on any atom is 0.410 e. The minimum absolute atomic E-state index is 0.0757. The predicted molar refractivity (Wildman–Crippen MR) is 196 cm³/mol. The molecule has 3 heterocycles. The normalized spacial score (nSPS) is 17.6. The Morgan fingerprint density at radius 2 is 1.71 bits per heavy atom. The molecule has 11 nitrogen and oxygen atoms in total. The van der Waals surface area contributed by atoms with E-state index < -0.39 is 25.6 Å². The number of nitrogens with zero attached hydrogens (tertiary/aromatic N) is 5. The van der Waals surface area contributed by atoms with Gasteiger partial charge in [-0.1, -0.05) is 32.1 Å². The van der Waals surface area contributed by atoms with Gasteiger partial charge < -0.3 is 24.1 Å². The van der Waals surface area contributed by atoms with Crippen LogP contribution in [0.15, 0.2) is 30.5 Å². The van der Waals surface area contributed by atoms with E-state index in [0.29, 0.717) is 53.7 Å². The summed E-state index contributed by atoms with van der Waals surface area (Å²) < 4.78 is 35.3. The molecule has 14 heteroatoms. The minimum atomic E-state index is -1.95. The van der Waals surface area contributed by atoms with Crippen LogP contribution in [0.3, 0.4) is 0 Å². The molecule has 0 radical (unpaired) electrons. The molecule has 4 aromatic rings. The van der Waals surface area contributed by atoms with Crippen LogP contribution in [0.5, 0.6) is 5.19 Å². The van der Waals surface area contributed by atoms with E-state index in [1.165, 1.54) is 22.1 Å². The van der Waals surface area contributed by atoms with Crippen molar-refractivity contribution in [3.8, 4) is 5.19 Å². The number of anilines is 2. The molecular formula is C35H49FN6O5SSi. The highest BCUT2D eigenvalue weighted by Crippen LogP contribution is 2.40. The van der Waals surface area contributed by atoms with E-state index in [-0.39, 0.29) is 28.7 Å². The van der Waals surface area contributed by atoms with Gasteiger partial charge in [0.1, 0.15) is 23.2 Å². The molecule has 1 fully saturated rings. The summed E-state index contributed by atoms with van der Waals surface area (Å²) in [5.74, 6) is -0.944. The van der Waals surface area contributed by atoms with E-state index in [0.717, 1.165) is 10.4 Å². The van der Waals surface area contributed by atoms with Gasteiger partial charge in [0.15, 0.2) is 14.1 Å². The topological polar surface area (TPSA) is 111 Å². The Kier molecular flexibility index (Phi) is 10.1. The molecule has 1 aliphatic heterocycles. The fraction of sp³-hybridized carbons (Fsp3) is 0.543. The van der Waals surface area contributed by atoms with Crippen LogP contribution < -0.4 is 15.0 Å². The number of thiazole rings is 1. The van der Waals surface area contributed by atoms with Crippen molar-refractivity contribution in [3.63, 3.8) is 0 Å². The quantitative estimate of drug-likeness (QED) is 0.146. The van der Waals surface area contributed by atoms with Crippen molar-refractivity contribution in [2.45, 2.75) is 91.2 Å². The van der Waals surface area contributed by atoms with Crippen LogP contribution in [0.25, 0.3) is 21.1 Å². The summed E-state index contributed by atoms with van der Waals surface area (Å²) in [6, 6.07) is 6.34. The number of halogens is 1. The molecule has 0 spiro atoms. The first-order valence-corrected chi connectivity index (χ1v) is 20.4. The molecule has 2 atom stereocenters. The molecule has 2 aromatic heterocycles. The molecule has 1 saturated heterocycles. The summed E-state index contributed by atoms with van der Waals surface area (Å²) in [5.41, 5.74) is 1.67. The number of carbonyl (C=O) groups excluding carboxylic acids is 2. The van der Waals surface area contributed by atoms with Gasteiger partial charge in [0.2, 0.25) is 0 Å². The van der Waals surface area contributed by atoms with Crippen molar-refractivity contribution in [1.29, 1.82) is 0 Å². The van der Waals surface area contributed by atoms with Gasteiger partial charge in [-0.2, -0.15) is 5.10 Å². The Labute approximate surface area is 292 Å². The Balaban J connectivity index is 1.44. The fourth-order valence-corrected chi connectivity index (χ4v) is 7.82. The van der Waals surface area contributed by atoms with Gasteiger partial charge in [-0.25, -0.2) is 14.2 Å². The lowest BCUT2D eigenvalue weighted by Crippen LogP contribution is -2.59. The SMILES string of the molecule is C[C@H]1CN(c2ccc(C(=O)Nc3cc(F)c4nn(C)cc4c3)c3nc(OCCO[Si](C)(C)C(C)(C)C)sc23)C[C@H](C)N1C(=O)OC(C)(C)C. The van der Waals surface area contributed by atoms with Gasteiger partial charge in [-0.05, 0) is 77.0 Å². The lowest BCUT2D eigenvalue weighted by atomic mass is 10.1. The van der Waals surface area contributed by atoms with Crippen molar-refractivity contribution >= 4 is 64.1 Å². The van der Waals surface area contributed by atoms with Crippen LogP contribution in [0.1, 0.15) is 65.7 Å². The summed E-state index contributed by atoms with van der Waals surface area (Å²) >= 11 is 1.37. The fourth-order valence-electron chi connectivity index (χ4n) is 5.79. The van der Waals surface area contributed by atoms with Crippen molar-refractivity contribution in [3.05, 3.63) is 41.8 Å². The third kappa shape index (κ3) is 8.02. The highest BCUT2D eigenvalue weighted by molar-refractivity contribution is 7.21. The third-order valence-electron chi connectivity index (χ3n) is 9.12. The zero-order chi connectivity index (χ0) is 36.1. The zero-order valence-electron chi connectivity index (χ0n) is 30.4. The van der Waals surface area contributed by atoms with Crippen molar-refractivity contribution in [1.82, 2.24) is 19.7 Å². The Morgan fingerprint density at radius 1 is 1.04 bits per heavy atom. The van der Waals surface area contributed by atoms with Crippen LogP contribution in [0, 0.1) is 5.82 Å². The van der Waals surface area contributed by atoms with Crippen molar-refractivity contribution in [2.75, 3.05) is 36.5 Å². The predicted octanol–water partition coefficient (Wildman–Crippen LogP) is 7.81. The Morgan fingerprint density at radius 3 is 2.35 bits per heavy atom. The summed E-state index contributed by atoms with van der Waals surface area (Å²) in [4.78, 5) is 35.7. The summed E-state index contributed by atoms with van der Waals surface area (Å²) in [7, 11) is -0.235. The van der Waals surface area contributed by atoms with Gasteiger partial charge in [-0.3, -0.25) is 14.4 Å². The van der Waals surface area contributed by atoms with Gasteiger partial charge in [0, 0.05) is 37.4 Å². The first kappa shape index (κ1) is 36.5. The van der Waals surface area contributed by atoms with E-state index in [4.69, 9.17) is 18.9 Å². The number of amides is 2. The molecular weight excluding hydrogens is 664 g/mol. The number of piperazine rings is 1. The largest absolute Gasteiger partial charge is 0.468 e. The second-order valence-electron chi connectivity index (χ2n) is 15.4. The van der Waals surface area contributed by atoms with E-state index in [1.807, 2.05) is 40.7 Å². The maximum atomic E-state index is 14.8. The van der Waals surface area contributed by atoms with E-state index in [1.54, 1.807) is 30.3 Å². The molecule has 0 saturated carbocycles. The molecule has 0 unspecified atom stereocenters. The molecule has 2 amide bonds. The number of aromatic nitrogens is 3. The number of fused-ring (bicyclic) bond motifs is 2. The first-order chi connectivity index (χ1) is 22.7. The summed E-state index contributed by atoms with van der Waals surface area (Å²) in [6.07, 6.45) is 1.36. The van der Waals surface area contributed by atoms with Crippen LogP contribution in [0.4, 0.5) is 20.6 Å². The number of hydrogen-bond acceptors (Lipinski definition) is 9. The van der Waals surface area contributed by atoms with E-state index >= 15 is 0 Å². The summed E-state index contributed by atoms with van der Waals surface area (Å²) in [6.45, 7) is 22.4. The van der Waals surface area contributed by atoms with Crippen molar-refractivity contribution < 1.29 is 27.9 Å². The lowest BCUT2D eigenvalue weighted by Gasteiger charge is -2.45. The number of ether oxygens (including phenoxy) is 2. The standard InChI is InChI=1S/C35H49FN6O5SSi/c1-21-18-41(19-22(2)42(21)33(44)47-34(3,4)5)27-13-12-25(31(43)37-24-16-23-20-40(9)39-28(23)26(36)17-24)29-30(27)48-32(38-29)45-14-15-46-49(10,11)35(6,7)8/h12-13,16-17,20-22H,14-15,18-19H2,1-11H3,(H,37,43)/t21-,22-/m0/s1. The highest BCUT2D eigenvalue weighted by Gasteiger charge is 2.38. The number of carbonyl (C=O) groups is 2. The molecule has 0 aliphatic carbocycles. The average molecular weight is 713 g/mol. The molecule has 1 aliphatic rings. The van der Waals surface area contributed by atoms with Crippen LogP contribution >= 0.6 is 11.3 Å².